The number of hydrogen-bond acceptors (Lipinski definition) is 3. The van der Waals surface area contributed by atoms with Crippen molar-refractivity contribution in [2.45, 2.75) is 6.61 Å². The van der Waals surface area contributed by atoms with E-state index in [1.807, 2.05) is 0 Å². The molecule has 0 bridgehead atoms. The van der Waals surface area contributed by atoms with Crippen LogP contribution in [0.5, 0.6) is 5.75 Å². The summed E-state index contributed by atoms with van der Waals surface area (Å²) in [5, 5.41) is 9.23. The Labute approximate surface area is 113 Å². The zero-order valence-electron chi connectivity index (χ0n) is 9.64. The summed E-state index contributed by atoms with van der Waals surface area (Å²) >= 11 is 5.62. The van der Waals surface area contributed by atoms with Gasteiger partial charge in [0.2, 0.25) is 0 Å². The Kier molecular flexibility index (Phi) is 3.97. The van der Waals surface area contributed by atoms with Crippen LogP contribution in [0.4, 0.5) is 4.39 Å². The zero-order chi connectivity index (χ0) is 13.8. The highest BCUT2D eigenvalue weighted by Crippen LogP contribution is 2.22. The van der Waals surface area contributed by atoms with Crippen molar-refractivity contribution >= 4 is 17.6 Å². The van der Waals surface area contributed by atoms with Gasteiger partial charge in [-0.3, -0.25) is 4.98 Å². The fourth-order valence-electron chi connectivity index (χ4n) is 1.49. The van der Waals surface area contributed by atoms with E-state index >= 15 is 0 Å². The Hall–Kier alpha value is -2.14. The molecular weight excluding hydrogens is 273 g/mol. The molecule has 0 amide bonds. The maximum atomic E-state index is 13.5. The number of carboxylic acid groups (broad SMARTS) is 1. The number of halogens is 2. The van der Waals surface area contributed by atoms with Gasteiger partial charge in [0, 0.05) is 11.2 Å². The van der Waals surface area contributed by atoms with Gasteiger partial charge in [-0.15, -0.1) is 0 Å². The van der Waals surface area contributed by atoms with Gasteiger partial charge < -0.3 is 9.84 Å². The second-order valence-corrected chi connectivity index (χ2v) is 4.10. The molecule has 0 radical (unpaired) electrons. The van der Waals surface area contributed by atoms with Gasteiger partial charge in [-0.1, -0.05) is 11.6 Å². The molecule has 0 aliphatic heterocycles. The molecular formula is C13H9ClFNO3. The predicted molar refractivity (Wildman–Crippen MR) is 66.9 cm³/mol. The van der Waals surface area contributed by atoms with Crippen LogP contribution >= 0.6 is 11.6 Å². The van der Waals surface area contributed by atoms with E-state index in [1.54, 1.807) is 0 Å². The van der Waals surface area contributed by atoms with E-state index in [0.717, 1.165) is 6.07 Å². The van der Waals surface area contributed by atoms with E-state index in [9.17, 15) is 9.18 Å². The summed E-state index contributed by atoms with van der Waals surface area (Å²) < 4.78 is 18.7. The van der Waals surface area contributed by atoms with Gasteiger partial charge in [-0.2, -0.15) is 0 Å². The third-order valence-corrected chi connectivity index (χ3v) is 2.61. The van der Waals surface area contributed by atoms with E-state index in [1.165, 1.54) is 30.5 Å². The fraction of sp³-hybridized carbons (Fsp3) is 0.0769. The van der Waals surface area contributed by atoms with Crippen LogP contribution in [0.1, 0.15) is 16.1 Å². The molecule has 1 aromatic heterocycles. The summed E-state index contributed by atoms with van der Waals surface area (Å²) in [6, 6.07) is 6.90. The van der Waals surface area contributed by atoms with Crippen molar-refractivity contribution in [3.05, 3.63) is 58.6 Å². The molecule has 98 valence electrons. The van der Waals surface area contributed by atoms with Crippen LogP contribution < -0.4 is 4.74 Å². The standard InChI is InChI=1S/C13H9ClFNO3/c14-8-3-4-12(10(15)6-8)19-7-11-9(13(17)18)2-1-5-16-11/h1-6H,7H2,(H,17,18). The third kappa shape index (κ3) is 3.20. The average Bonchev–Trinajstić information content (AvgIpc) is 2.38. The first-order chi connectivity index (χ1) is 9.08. The molecule has 6 heteroatoms. The molecule has 1 N–H and O–H groups in total. The lowest BCUT2D eigenvalue weighted by molar-refractivity contribution is 0.0693. The monoisotopic (exact) mass is 281 g/mol. The van der Waals surface area contributed by atoms with Crippen LogP contribution in [0.3, 0.4) is 0 Å². The number of pyridine rings is 1. The molecule has 0 saturated heterocycles. The maximum Gasteiger partial charge on any atom is 0.337 e. The number of carboxylic acids is 1. The maximum absolute atomic E-state index is 13.5. The second kappa shape index (κ2) is 5.67. The number of carbonyl (C=O) groups is 1. The Morgan fingerprint density at radius 2 is 2.21 bits per heavy atom. The molecule has 0 aliphatic rings. The van der Waals surface area contributed by atoms with Crippen molar-refractivity contribution in [1.29, 1.82) is 0 Å². The summed E-state index contributed by atoms with van der Waals surface area (Å²) in [4.78, 5) is 14.9. The highest BCUT2D eigenvalue weighted by Gasteiger charge is 2.12. The fourth-order valence-corrected chi connectivity index (χ4v) is 1.64. The average molecular weight is 282 g/mol. The summed E-state index contributed by atoms with van der Waals surface area (Å²) in [6.45, 7) is -0.138. The lowest BCUT2D eigenvalue weighted by atomic mass is 10.2. The van der Waals surface area contributed by atoms with Crippen molar-refractivity contribution in [2.24, 2.45) is 0 Å². The van der Waals surface area contributed by atoms with Gasteiger partial charge in [0.15, 0.2) is 11.6 Å². The number of aromatic nitrogens is 1. The van der Waals surface area contributed by atoms with Gasteiger partial charge in [0.05, 0.1) is 11.3 Å². The molecule has 0 atom stereocenters. The smallest absolute Gasteiger partial charge is 0.337 e. The molecule has 2 aromatic rings. The third-order valence-electron chi connectivity index (χ3n) is 2.38. The summed E-state index contributed by atoms with van der Waals surface area (Å²) in [7, 11) is 0. The van der Waals surface area contributed by atoms with Crippen LogP contribution in [0.25, 0.3) is 0 Å². The van der Waals surface area contributed by atoms with Crippen molar-refractivity contribution < 1.29 is 19.0 Å². The molecule has 0 fully saturated rings. The lowest BCUT2D eigenvalue weighted by Gasteiger charge is -2.08. The van der Waals surface area contributed by atoms with Crippen molar-refractivity contribution in [3.63, 3.8) is 0 Å². The first-order valence-electron chi connectivity index (χ1n) is 5.33. The lowest BCUT2D eigenvalue weighted by Crippen LogP contribution is -2.08. The molecule has 0 unspecified atom stereocenters. The highest BCUT2D eigenvalue weighted by molar-refractivity contribution is 6.30. The van der Waals surface area contributed by atoms with Crippen LogP contribution in [-0.2, 0) is 6.61 Å². The van der Waals surface area contributed by atoms with Gasteiger partial charge in [0.1, 0.15) is 6.61 Å². The van der Waals surface area contributed by atoms with E-state index in [4.69, 9.17) is 21.4 Å². The van der Waals surface area contributed by atoms with Gasteiger partial charge >= 0.3 is 5.97 Å². The van der Waals surface area contributed by atoms with Crippen molar-refractivity contribution in [1.82, 2.24) is 4.98 Å². The van der Waals surface area contributed by atoms with Crippen molar-refractivity contribution in [3.8, 4) is 5.75 Å². The second-order valence-electron chi connectivity index (χ2n) is 3.67. The molecule has 2 rings (SSSR count). The van der Waals surface area contributed by atoms with Gasteiger partial charge in [0.25, 0.3) is 0 Å². The van der Waals surface area contributed by atoms with Crippen LogP contribution in [-0.4, -0.2) is 16.1 Å². The summed E-state index contributed by atoms with van der Waals surface area (Å²) in [5.74, 6) is -1.73. The number of benzene rings is 1. The first-order valence-corrected chi connectivity index (χ1v) is 5.71. The van der Waals surface area contributed by atoms with Crippen LogP contribution in [0, 0.1) is 5.82 Å². The Balaban J connectivity index is 2.17. The molecule has 1 aromatic carbocycles. The van der Waals surface area contributed by atoms with E-state index in [-0.39, 0.29) is 28.6 Å². The number of ether oxygens (including phenoxy) is 1. The Bertz CT molecular complexity index is 619. The number of rotatable bonds is 4. The van der Waals surface area contributed by atoms with Crippen LogP contribution in [0.15, 0.2) is 36.5 Å². The number of hydrogen-bond donors (Lipinski definition) is 1. The van der Waals surface area contributed by atoms with Crippen LogP contribution in [0.2, 0.25) is 5.02 Å². The minimum absolute atomic E-state index is 0.00797. The SMILES string of the molecule is O=C(O)c1cccnc1COc1ccc(Cl)cc1F. The molecule has 1 heterocycles. The normalized spacial score (nSPS) is 10.2. The first kappa shape index (κ1) is 13.3. The Morgan fingerprint density at radius 1 is 1.42 bits per heavy atom. The Morgan fingerprint density at radius 3 is 2.89 bits per heavy atom. The van der Waals surface area contributed by atoms with Gasteiger partial charge in [-0.05, 0) is 30.3 Å². The number of nitrogens with zero attached hydrogens (tertiary/aromatic N) is 1. The van der Waals surface area contributed by atoms with E-state index in [0.29, 0.717) is 0 Å². The largest absolute Gasteiger partial charge is 0.484 e. The molecule has 0 saturated carbocycles. The molecule has 4 nitrogen and oxygen atoms in total. The van der Waals surface area contributed by atoms with Gasteiger partial charge in [-0.25, -0.2) is 9.18 Å². The van der Waals surface area contributed by atoms with E-state index < -0.39 is 11.8 Å². The molecule has 19 heavy (non-hydrogen) atoms. The molecule has 0 spiro atoms. The quantitative estimate of drug-likeness (QED) is 0.935. The summed E-state index contributed by atoms with van der Waals surface area (Å²) in [6.07, 6.45) is 1.45. The van der Waals surface area contributed by atoms with Crippen molar-refractivity contribution in [2.75, 3.05) is 0 Å². The zero-order valence-corrected chi connectivity index (χ0v) is 10.4. The minimum Gasteiger partial charge on any atom is -0.484 e. The molecule has 0 aliphatic carbocycles. The summed E-state index contributed by atoms with van der Waals surface area (Å²) in [5.41, 5.74) is 0.251. The number of aromatic carboxylic acids is 1. The highest BCUT2D eigenvalue weighted by atomic mass is 35.5. The minimum atomic E-state index is -1.11. The van der Waals surface area contributed by atoms with E-state index in [2.05, 4.69) is 4.98 Å². The predicted octanol–water partition coefficient (Wildman–Crippen LogP) is 3.15. The topological polar surface area (TPSA) is 59.4 Å².